The van der Waals surface area contributed by atoms with Crippen LogP contribution in [-0.2, 0) is 9.47 Å². The third-order valence-electron chi connectivity index (χ3n) is 0.434. The Hall–Kier alpha value is -0.990. The van der Waals surface area contributed by atoms with Gasteiger partial charge in [-0.25, -0.2) is 4.79 Å². The van der Waals surface area contributed by atoms with Crippen molar-refractivity contribution in [3.05, 3.63) is 0 Å². The van der Waals surface area contributed by atoms with Gasteiger partial charge in [-0.05, 0) is 0 Å². The van der Waals surface area contributed by atoms with Gasteiger partial charge in [-0.3, -0.25) is 0 Å². The minimum Gasteiger partial charge on any atom is -0.350 e. The highest BCUT2D eigenvalue weighted by atomic mass is 19.4. The lowest BCUT2D eigenvalue weighted by Gasteiger charge is -2.14. The van der Waals surface area contributed by atoms with Gasteiger partial charge >= 0.3 is 18.9 Å². The lowest BCUT2D eigenvalue weighted by Crippen LogP contribution is -2.33. The van der Waals surface area contributed by atoms with Gasteiger partial charge in [-0.2, -0.15) is 4.74 Å². The second kappa shape index (κ2) is 3.17. The molecule has 0 aliphatic heterocycles. The summed E-state index contributed by atoms with van der Waals surface area (Å²) in [5, 5.41) is 0. The van der Waals surface area contributed by atoms with E-state index < -0.39 is 18.9 Å². The molecule has 0 saturated heterocycles. The van der Waals surface area contributed by atoms with Crippen molar-refractivity contribution in [1.82, 2.24) is 0 Å². The predicted octanol–water partition coefficient (Wildman–Crippen LogP) is 2.18. The minimum atomic E-state index is -5.72. The normalized spacial score (nSPS) is 12.8. The van der Waals surface area contributed by atoms with Crippen molar-refractivity contribution < 1.29 is 40.6 Å². The number of hydrogen-bond acceptors (Lipinski definition) is 3. The molecule has 12 heavy (non-hydrogen) atoms. The van der Waals surface area contributed by atoms with Gasteiger partial charge in [0.25, 0.3) is 0 Å². The van der Waals surface area contributed by atoms with Gasteiger partial charge in [0, 0.05) is 0 Å². The summed E-state index contributed by atoms with van der Waals surface area (Å²) < 4.78 is 71.2. The van der Waals surface area contributed by atoms with Crippen LogP contribution in [0.1, 0.15) is 0 Å². The van der Waals surface area contributed by atoms with Crippen molar-refractivity contribution >= 4 is 6.22 Å². The molecule has 0 spiro atoms. The maximum atomic E-state index is 11.5. The average molecular weight is 198 g/mol. The van der Waals surface area contributed by atoms with Crippen molar-refractivity contribution in [3.63, 3.8) is 0 Å². The van der Waals surface area contributed by atoms with Crippen LogP contribution in [0.4, 0.5) is 31.1 Å². The summed E-state index contributed by atoms with van der Waals surface area (Å²) in [4.78, 5) is 9.13. The SMILES string of the molecule is O=C(F)OC(F)(F)OC(F)(F)F. The molecule has 0 fully saturated rings. The van der Waals surface area contributed by atoms with Crippen LogP contribution in [0.2, 0.25) is 0 Å². The number of ether oxygens (including phenoxy) is 2. The molecular weight excluding hydrogens is 198 g/mol. The maximum Gasteiger partial charge on any atom is 0.546 e. The summed E-state index contributed by atoms with van der Waals surface area (Å²) in [6.45, 7) is 0. The number of halogens is 6. The molecular formula is C3F6O3. The summed E-state index contributed by atoms with van der Waals surface area (Å²) in [6.07, 6.45) is -14.1. The monoisotopic (exact) mass is 198 g/mol. The lowest BCUT2D eigenvalue weighted by atomic mass is 11.1. The molecule has 72 valence electrons. The van der Waals surface area contributed by atoms with E-state index >= 15 is 0 Å². The minimum absolute atomic E-state index is 1.92. The lowest BCUT2D eigenvalue weighted by molar-refractivity contribution is -0.483. The Morgan fingerprint density at radius 3 is 1.75 bits per heavy atom. The Bertz CT molecular complexity index is 173. The van der Waals surface area contributed by atoms with E-state index in [0.717, 1.165) is 0 Å². The topological polar surface area (TPSA) is 35.5 Å². The number of alkyl halides is 5. The fourth-order valence-electron chi connectivity index (χ4n) is 0.249. The van der Waals surface area contributed by atoms with Crippen molar-refractivity contribution in [2.24, 2.45) is 0 Å². The van der Waals surface area contributed by atoms with Gasteiger partial charge < -0.3 is 4.74 Å². The molecule has 0 bridgehead atoms. The molecule has 0 N–H and O–H groups in total. The van der Waals surface area contributed by atoms with E-state index in [4.69, 9.17) is 4.79 Å². The first-order chi connectivity index (χ1) is 5.12. The maximum absolute atomic E-state index is 11.5. The Morgan fingerprint density at radius 2 is 1.50 bits per heavy atom. The fourth-order valence-corrected chi connectivity index (χ4v) is 0.249. The fraction of sp³-hybridized carbons (Fsp3) is 0.667. The summed E-state index contributed by atoms with van der Waals surface area (Å²) in [5.74, 6) is 0. The molecule has 3 nitrogen and oxygen atoms in total. The van der Waals surface area contributed by atoms with E-state index in [9.17, 15) is 26.3 Å². The highest BCUT2D eigenvalue weighted by molar-refractivity contribution is 5.58. The number of carbonyl (C=O) groups is 1. The molecule has 0 atom stereocenters. The highest BCUT2D eigenvalue weighted by Gasteiger charge is 2.49. The van der Waals surface area contributed by atoms with Crippen LogP contribution in [0.25, 0.3) is 0 Å². The Kier molecular flexibility index (Phi) is 2.91. The zero-order valence-corrected chi connectivity index (χ0v) is 4.99. The van der Waals surface area contributed by atoms with E-state index in [1.165, 1.54) is 0 Å². The van der Waals surface area contributed by atoms with Crippen LogP contribution in [0.15, 0.2) is 0 Å². The average Bonchev–Trinajstić information content (AvgIpc) is 1.48. The first-order valence-corrected chi connectivity index (χ1v) is 2.15. The van der Waals surface area contributed by atoms with Gasteiger partial charge in [-0.1, -0.05) is 0 Å². The molecule has 0 unspecified atom stereocenters. The predicted molar refractivity (Wildman–Crippen MR) is 19.7 cm³/mol. The molecule has 0 amide bonds. The van der Waals surface area contributed by atoms with Gasteiger partial charge in [-0.15, -0.1) is 26.3 Å². The van der Waals surface area contributed by atoms with Crippen molar-refractivity contribution in [1.29, 1.82) is 0 Å². The van der Waals surface area contributed by atoms with E-state index in [1.54, 1.807) is 0 Å². The van der Waals surface area contributed by atoms with Crippen LogP contribution >= 0.6 is 0 Å². The van der Waals surface area contributed by atoms with E-state index in [1.807, 2.05) is 4.74 Å². The molecule has 0 aliphatic carbocycles. The summed E-state index contributed by atoms with van der Waals surface area (Å²) in [7, 11) is 0. The van der Waals surface area contributed by atoms with Crippen LogP contribution in [-0.4, -0.2) is 18.9 Å². The molecule has 0 aromatic rings. The van der Waals surface area contributed by atoms with Gasteiger partial charge in [0.05, 0.1) is 0 Å². The Balaban J connectivity index is 4.13. The summed E-state index contributed by atoms with van der Waals surface area (Å²) in [6, 6.07) is 0. The van der Waals surface area contributed by atoms with Crippen LogP contribution < -0.4 is 0 Å². The molecule has 0 aliphatic rings. The molecule has 0 radical (unpaired) electrons. The third kappa shape index (κ3) is 5.77. The Morgan fingerprint density at radius 1 is 1.08 bits per heavy atom. The van der Waals surface area contributed by atoms with Crippen molar-refractivity contribution in [2.75, 3.05) is 0 Å². The first kappa shape index (κ1) is 11.0. The quantitative estimate of drug-likeness (QED) is 0.387. The van der Waals surface area contributed by atoms with Gasteiger partial charge in [0.2, 0.25) is 0 Å². The van der Waals surface area contributed by atoms with Gasteiger partial charge in [0.1, 0.15) is 0 Å². The van der Waals surface area contributed by atoms with Crippen molar-refractivity contribution in [2.45, 2.75) is 12.7 Å². The first-order valence-electron chi connectivity index (χ1n) is 2.15. The second-order valence-corrected chi connectivity index (χ2v) is 1.35. The van der Waals surface area contributed by atoms with Crippen LogP contribution in [0, 0.1) is 0 Å². The van der Waals surface area contributed by atoms with Crippen molar-refractivity contribution in [3.8, 4) is 0 Å². The molecule has 0 aromatic heterocycles. The molecule has 0 rings (SSSR count). The standard InChI is InChI=1S/C3F6O3/c4-1(10)11-3(8,9)12-2(5,6)7. The van der Waals surface area contributed by atoms with Crippen LogP contribution in [0.5, 0.6) is 0 Å². The van der Waals surface area contributed by atoms with E-state index in [0.29, 0.717) is 0 Å². The summed E-state index contributed by atoms with van der Waals surface area (Å²) >= 11 is 0. The molecule has 0 aromatic carbocycles. The number of carbonyl (C=O) groups excluding carboxylic acids is 1. The smallest absolute Gasteiger partial charge is 0.350 e. The van der Waals surface area contributed by atoms with E-state index in [2.05, 4.69) is 4.74 Å². The third-order valence-corrected chi connectivity index (χ3v) is 0.434. The largest absolute Gasteiger partial charge is 0.546 e. The molecule has 9 heteroatoms. The van der Waals surface area contributed by atoms with Crippen LogP contribution in [0.3, 0.4) is 0 Å². The zero-order valence-electron chi connectivity index (χ0n) is 4.99. The molecule has 0 heterocycles. The zero-order chi connectivity index (χ0) is 9.99. The number of hydrogen-bond donors (Lipinski definition) is 0. The Labute approximate surface area is 60.9 Å². The summed E-state index contributed by atoms with van der Waals surface area (Å²) in [5.41, 5.74) is 0. The van der Waals surface area contributed by atoms with Gasteiger partial charge in [0.15, 0.2) is 0 Å². The second-order valence-electron chi connectivity index (χ2n) is 1.35. The van der Waals surface area contributed by atoms with E-state index in [-0.39, 0.29) is 0 Å². The highest BCUT2D eigenvalue weighted by Crippen LogP contribution is 2.28. The number of rotatable bonds is 2. The molecule has 0 saturated carbocycles.